The summed E-state index contributed by atoms with van der Waals surface area (Å²) in [6.45, 7) is 2.00. The summed E-state index contributed by atoms with van der Waals surface area (Å²) in [6.07, 6.45) is -3.48. The van der Waals surface area contributed by atoms with E-state index < -0.39 is 88.9 Å². The molecule has 1 aromatic rings. The third kappa shape index (κ3) is 15.3. The van der Waals surface area contributed by atoms with Crippen LogP contribution < -0.4 is 15.4 Å². The van der Waals surface area contributed by atoms with E-state index in [1.54, 1.807) is 0 Å². The second kappa shape index (κ2) is 21.3. The Morgan fingerprint density at radius 2 is 1.59 bits per heavy atom. The van der Waals surface area contributed by atoms with E-state index in [1.165, 1.54) is 25.2 Å². The molecule has 20 nitrogen and oxygen atoms in total. The number of benzene rings is 1. The zero-order chi connectivity index (χ0) is 40.6. The van der Waals surface area contributed by atoms with Gasteiger partial charge < -0.3 is 53.4 Å². The summed E-state index contributed by atoms with van der Waals surface area (Å²) in [5, 5.41) is 4.87. The Labute approximate surface area is 311 Å². The summed E-state index contributed by atoms with van der Waals surface area (Å²) < 4.78 is 65.6. The standard InChI is InChI=1S/C33H43N3O17S/c1-8-13-47-14-11-26(41)36(5)17-25(40)35-23-16-22(18-48-33(43)34-12-15-54(7,44)45)9-10-24(23)52-32-30(51-21(4)39)28(50-20(3)38)27(49-19(2)37)29(53-32)31(42)46-6/h1,9-10,16,27-30,32H,11-15,17-18H2,2-7H3,(H,34,43)(H,35,40). The van der Waals surface area contributed by atoms with Gasteiger partial charge in [0.1, 0.15) is 28.8 Å². The molecule has 1 fully saturated rings. The topological polar surface area (TPSA) is 255 Å². The van der Waals surface area contributed by atoms with Crippen LogP contribution in [0.2, 0.25) is 0 Å². The SMILES string of the molecule is C#CCOCCC(=O)N(C)CC(=O)Nc1cc(COC(=O)NCCS(C)(=O)=O)ccc1OC1OC(C(=O)OC)C(OC(C)=O)C(OC(C)=O)C1OC(C)=O. The molecule has 0 spiro atoms. The lowest BCUT2D eigenvalue weighted by atomic mass is 9.97. The summed E-state index contributed by atoms with van der Waals surface area (Å²) >= 11 is 0. The molecule has 2 N–H and O–H groups in total. The lowest BCUT2D eigenvalue weighted by Crippen LogP contribution is -2.64. The number of methoxy groups -OCH3 is 1. The second-order valence-corrected chi connectivity index (χ2v) is 13.8. The zero-order valence-corrected chi connectivity index (χ0v) is 31.3. The van der Waals surface area contributed by atoms with E-state index in [9.17, 15) is 42.0 Å². The Hall–Kier alpha value is -5.46. The molecule has 0 aromatic heterocycles. The number of rotatable bonds is 18. The molecule has 0 aliphatic carbocycles. The number of terminal acetylenes is 1. The predicted molar refractivity (Wildman–Crippen MR) is 183 cm³/mol. The van der Waals surface area contributed by atoms with E-state index in [0.717, 1.165) is 39.0 Å². The number of amides is 3. The van der Waals surface area contributed by atoms with Gasteiger partial charge in [-0.1, -0.05) is 12.0 Å². The van der Waals surface area contributed by atoms with Crippen LogP contribution in [0.3, 0.4) is 0 Å². The smallest absolute Gasteiger partial charge is 0.407 e. The second-order valence-electron chi connectivity index (χ2n) is 11.6. The molecule has 3 amide bonds. The number of hydrogen-bond donors (Lipinski definition) is 2. The predicted octanol–water partition coefficient (Wildman–Crippen LogP) is -0.534. The van der Waals surface area contributed by atoms with Crippen molar-refractivity contribution in [2.75, 3.05) is 57.8 Å². The maximum Gasteiger partial charge on any atom is 0.407 e. The number of esters is 4. The molecule has 1 aliphatic heterocycles. The average Bonchev–Trinajstić information content (AvgIpc) is 3.07. The first-order valence-corrected chi connectivity index (χ1v) is 18.1. The summed E-state index contributed by atoms with van der Waals surface area (Å²) in [6, 6.07) is 4.00. The van der Waals surface area contributed by atoms with E-state index >= 15 is 0 Å². The van der Waals surface area contributed by atoms with Gasteiger partial charge in [-0.3, -0.25) is 24.0 Å². The molecule has 0 bridgehead atoms. The third-order valence-electron chi connectivity index (χ3n) is 6.96. The van der Waals surface area contributed by atoms with Crippen LogP contribution in [0.5, 0.6) is 5.75 Å². The van der Waals surface area contributed by atoms with Crippen LogP contribution in [-0.2, 0) is 78.4 Å². The van der Waals surface area contributed by atoms with Gasteiger partial charge in [0.2, 0.25) is 24.2 Å². The van der Waals surface area contributed by atoms with Gasteiger partial charge in [0.15, 0.2) is 18.3 Å². The van der Waals surface area contributed by atoms with Crippen molar-refractivity contribution in [2.24, 2.45) is 0 Å². The highest BCUT2D eigenvalue weighted by atomic mass is 32.2. The maximum absolute atomic E-state index is 13.2. The van der Waals surface area contributed by atoms with Crippen LogP contribution in [0.25, 0.3) is 0 Å². The highest BCUT2D eigenvalue weighted by Gasteiger charge is 2.56. The van der Waals surface area contributed by atoms with Crippen LogP contribution in [0, 0.1) is 12.3 Å². The highest BCUT2D eigenvalue weighted by molar-refractivity contribution is 7.90. The van der Waals surface area contributed by atoms with Crippen LogP contribution in [-0.4, -0.2) is 138 Å². The Morgan fingerprint density at radius 3 is 2.19 bits per heavy atom. The van der Waals surface area contributed by atoms with E-state index in [2.05, 4.69) is 16.6 Å². The summed E-state index contributed by atoms with van der Waals surface area (Å²) in [5.74, 6) is -3.27. The first kappa shape index (κ1) is 44.7. The van der Waals surface area contributed by atoms with Gasteiger partial charge in [-0.2, -0.15) is 0 Å². The molecule has 21 heteroatoms. The summed E-state index contributed by atoms with van der Waals surface area (Å²) in [4.78, 5) is 88.3. The van der Waals surface area contributed by atoms with Crippen LogP contribution in [0.4, 0.5) is 10.5 Å². The number of anilines is 1. The maximum atomic E-state index is 13.2. The van der Waals surface area contributed by atoms with E-state index in [1.807, 2.05) is 0 Å². The monoisotopic (exact) mass is 785 g/mol. The van der Waals surface area contributed by atoms with Crippen LogP contribution in [0.1, 0.15) is 32.8 Å². The lowest BCUT2D eigenvalue weighted by molar-refractivity contribution is -0.282. The Bertz CT molecular complexity index is 1690. The Morgan fingerprint density at radius 1 is 0.963 bits per heavy atom. The van der Waals surface area contributed by atoms with Crippen LogP contribution in [0.15, 0.2) is 18.2 Å². The van der Waals surface area contributed by atoms with Crippen molar-refractivity contribution in [1.82, 2.24) is 10.2 Å². The van der Waals surface area contributed by atoms with Crippen molar-refractivity contribution in [2.45, 2.75) is 64.5 Å². The quantitative estimate of drug-likeness (QED) is 0.0821. The number of likely N-dealkylation sites (N-methyl/N-ethyl adjacent to an activating group) is 1. The van der Waals surface area contributed by atoms with Gasteiger partial charge >= 0.3 is 30.0 Å². The fourth-order valence-corrected chi connectivity index (χ4v) is 5.15. The third-order valence-corrected chi connectivity index (χ3v) is 7.91. The molecule has 1 heterocycles. The molecule has 2 rings (SSSR count). The minimum absolute atomic E-state index is 0.00193. The number of carbonyl (C=O) groups is 7. The van der Waals surface area contributed by atoms with Crippen molar-refractivity contribution in [3.8, 4) is 18.1 Å². The molecule has 1 aromatic carbocycles. The van der Waals surface area contributed by atoms with Gasteiger partial charge in [0, 0.05) is 40.6 Å². The van der Waals surface area contributed by atoms with E-state index in [0.29, 0.717) is 0 Å². The number of carbonyl (C=O) groups excluding carboxylic acids is 7. The lowest BCUT2D eigenvalue weighted by Gasteiger charge is -2.43. The Balaban J connectivity index is 2.49. The van der Waals surface area contributed by atoms with Crippen molar-refractivity contribution >= 4 is 57.3 Å². The highest BCUT2D eigenvalue weighted by Crippen LogP contribution is 2.34. The van der Waals surface area contributed by atoms with Gasteiger partial charge in [-0.15, -0.1) is 6.42 Å². The van der Waals surface area contributed by atoms with E-state index in [4.69, 9.17) is 44.3 Å². The van der Waals surface area contributed by atoms with Crippen molar-refractivity contribution in [3.63, 3.8) is 0 Å². The number of nitrogens with zero attached hydrogens (tertiary/aromatic N) is 1. The molecule has 54 heavy (non-hydrogen) atoms. The number of sulfone groups is 1. The van der Waals surface area contributed by atoms with Crippen molar-refractivity contribution < 1.29 is 79.9 Å². The first-order chi connectivity index (χ1) is 25.3. The average molecular weight is 786 g/mol. The summed E-state index contributed by atoms with van der Waals surface area (Å²) in [5.41, 5.74) is 0.162. The van der Waals surface area contributed by atoms with Crippen LogP contribution >= 0.6 is 0 Å². The molecule has 298 valence electrons. The molecule has 0 saturated carbocycles. The van der Waals surface area contributed by atoms with Gasteiger partial charge in [0.25, 0.3) is 0 Å². The van der Waals surface area contributed by atoms with Gasteiger partial charge in [0.05, 0.1) is 38.1 Å². The fourth-order valence-electron chi connectivity index (χ4n) is 4.68. The molecular weight excluding hydrogens is 742 g/mol. The molecule has 1 saturated heterocycles. The molecule has 0 radical (unpaired) electrons. The van der Waals surface area contributed by atoms with Gasteiger partial charge in [-0.25, -0.2) is 18.0 Å². The fraction of sp³-hybridized carbons (Fsp3) is 0.545. The van der Waals surface area contributed by atoms with E-state index in [-0.39, 0.29) is 55.5 Å². The molecule has 5 unspecified atom stereocenters. The Kier molecular flexibility index (Phi) is 17.6. The molecule has 5 atom stereocenters. The number of hydrogen-bond acceptors (Lipinski definition) is 17. The zero-order valence-electron chi connectivity index (χ0n) is 30.4. The normalized spacial score (nSPS) is 19.2. The number of nitrogens with one attached hydrogen (secondary N) is 2. The van der Waals surface area contributed by atoms with Crippen molar-refractivity contribution in [1.29, 1.82) is 0 Å². The number of ether oxygens (including phenoxy) is 8. The number of alkyl carbamates (subject to hydrolysis) is 1. The minimum atomic E-state index is -3.35. The first-order valence-electron chi connectivity index (χ1n) is 16.0. The molecular formula is C33H43N3O17S. The van der Waals surface area contributed by atoms with Crippen molar-refractivity contribution in [3.05, 3.63) is 23.8 Å². The van der Waals surface area contributed by atoms with Gasteiger partial charge in [-0.05, 0) is 17.7 Å². The largest absolute Gasteiger partial charge is 0.467 e. The minimum Gasteiger partial charge on any atom is -0.467 e. The summed E-state index contributed by atoms with van der Waals surface area (Å²) in [7, 11) is -0.972. The molecule has 1 aliphatic rings.